The van der Waals surface area contributed by atoms with Crippen LogP contribution in [0.1, 0.15) is 22.8 Å². The van der Waals surface area contributed by atoms with Crippen LogP contribution in [0.2, 0.25) is 0 Å². The van der Waals surface area contributed by atoms with Gasteiger partial charge >= 0.3 is 0 Å². The van der Waals surface area contributed by atoms with Crippen molar-refractivity contribution in [2.75, 3.05) is 5.32 Å². The minimum absolute atomic E-state index is 0.318. The molecule has 1 heterocycles. The van der Waals surface area contributed by atoms with E-state index in [1.807, 2.05) is 43.5 Å². The zero-order valence-electron chi connectivity index (χ0n) is 15.0. The van der Waals surface area contributed by atoms with Gasteiger partial charge in [0.1, 0.15) is 0 Å². The van der Waals surface area contributed by atoms with Gasteiger partial charge in [0.2, 0.25) is 11.8 Å². The molecule has 0 aliphatic rings. The first-order chi connectivity index (χ1) is 12.9. The van der Waals surface area contributed by atoms with Crippen molar-refractivity contribution in [2.45, 2.75) is 20.0 Å². The largest absolute Gasteiger partial charge is 0.463 e. The molecule has 3 aromatic rings. The minimum atomic E-state index is -0.778. The van der Waals surface area contributed by atoms with E-state index in [4.69, 9.17) is 10.5 Å². The summed E-state index contributed by atoms with van der Waals surface area (Å²) in [4.78, 5) is 23.6. The van der Waals surface area contributed by atoms with E-state index in [1.165, 1.54) is 6.07 Å². The normalized spacial score (nSPS) is 11.6. The standard InChI is InChI=1S/C20H20N4O3/c1-13-12-24(17-9-4-3-5-10-17)23-20(13)27-14(2)19(26)22-16-8-6-7-15(11-16)18(21)25/h3-12,14H,1-2H3,(H2,21,25)(H,22,26)/t14-/m1/s1. The molecule has 7 heteroatoms. The van der Waals surface area contributed by atoms with Gasteiger partial charge in [-0.05, 0) is 44.2 Å². The molecule has 2 aromatic carbocycles. The highest BCUT2D eigenvalue weighted by atomic mass is 16.5. The molecule has 0 bridgehead atoms. The van der Waals surface area contributed by atoms with E-state index in [9.17, 15) is 9.59 Å². The molecule has 3 N–H and O–H groups in total. The van der Waals surface area contributed by atoms with Gasteiger partial charge in [0, 0.05) is 23.0 Å². The summed E-state index contributed by atoms with van der Waals surface area (Å²) in [6.07, 6.45) is 1.06. The number of nitrogens with two attached hydrogens (primary N) is 1. The molecule has 1 aromatic heterocycles. The fourth-order valence-corrected chi connectivity index (χ4v) is 2.49. The molecule has 0 aliphatic heterocycles. The summed E-state index contributed by atoms with van der Waals surface area (Å²) in [6.45, 7) is 3.50. The summed E-state index contributed by atoms with van der Waals surface area (Å²) in [5.41, 5.74) is 7.76. The van der Waals surface area contributed by atoms with Gasteiger partial charge in [0.25, 0.3) is 5.91 Å². The number of carbonyl (C=O) groups excluding carboxylic acids is 2. The van der Waals surface area contributed by atoms with E-state index < -0.39 is 12.0 Å². The van der Waals surface area contributed by atoms with Crippen LogP contribution < -0.4 is 15.8 Å². The highest BCUT2D eigenvalue weighted by molar-refractivity contribution is 5.97. The molecule has 138 valence electrons. The maximum absolute atomic E-state index is 12.4. The minimum Gasteiger partial charge on any atom is -0.463 e. The van der Waals surface area contributed by atoms with Crippen molar-refractivity contribution in [3.8, 4) is 11.6 Å². The highest BCUT2D eigenvalue weighted by Gasteiger charge is 2.18. The Morgan fingerprint density at radius 2 is 1.89 bits per heavy atom. The van der Waals surface area contributed by atoms with E-state index in [0.717, 1.165) is 11.3 Å². The lowest BCUT2D eigenvalue weighted by Gasteiger charge is -2.14. The molecule has 0 radical (unpaired) electrons. The predicted octanol–water partition coefficient (Wildman–Crippen LogP) is 2.69. The Balaban J connectivity index is 1.69. The van der Waals surface area contributed by atoms with Crippen molar-refractivity contribution in [3.05, 3.63) is 71.9 Å². The quantitative estimate of drug-likeness (QED) is 0.702. The zero-order chi connectivity index (χ0) is 19.4. The van der Waals surface area contributed by atoms with Crippen LogP contribution in [0.3, 0.4) is 0 Å². The third kappa shape index (κ3) is 4.33. The number of hydrogen-bond acceptors (Lipinski definition) is 4. The number of carbonyl (C=O) groups is 2. The van der Waals surface area contributed by atoms with Gasteiger partial charge in [-0.15, -0.1) is 5.10 Å². The van der Waals surface area contributed by atoms with E-state index in [-0.39, 0.29) is 5.91 Å². The van der Waals surface area contributed by atoms with Gasteiger partial charge in [-0.1, -0.05) is 24.3 Å². The Bertz CT molecular complexity index is 966. The Kier molecular flexibility index (Phi) is 5.21. The second-order valence-electron chi connectivity index (χ2n) is 6.09. The van der Waals surface area contributed by atoms with Crippen LogP contribution in [0.4, 0.5) is 5.69 Å². The topological polar surface area (TPSA) is 99.2 Å². The number of nitrogens with zero attached hydrogens (tertiary/aromatic N) is 2. The van der Waals surface area contributed by atoms with Crippen LogP contribution in [0, 0.1) is 6.92 Å². The first kappa shape index (κ1) is 18.2. The second kappa shape index (κ2) is 7.74. The van der Waals surface area contributed by atoms with Crippen LogP contribution in [0.5, 0.6) is 5.88 Å². The predicted molar refractivity (Wildman–Crippen MR) is 102 cm³/mol. The smallest absolute Gasteiger partial charge is 0.265 e. The van der Waals surface area contributed by atoms with Crippen molar-refractivity contribution in [1.82, 2.24) is 9.78 Å². The first-order valence-corrected chi connectivity index (χ1v) is 8.43. The monoisotopic (exact) mass is 364 g/mol. The average Bonchev–Trinajstić information content (AvgIpc) is 3.03. The van der Waals surface area contributed by atoms with Crippen LogP contribution in [0.15, 0.2) is 60.8 Å². The Labute approximate surface area is 156 Å². The van der Waals surface area contributed by atoms with E-state index in [2.05, 4.69) is 10.4 Å². The molecule has 3 rings (SSSR count). The Morgan fingerprint density at radius 1 is 1.15 bits per heavy atom. The van der Waals surface area contributed by atoms with Crippen molar-refractivity contribution >= 4 is 17.5 Å². The lowest BCUT2D eigenvalue weighted by Crippen LogP contribution is -2.30. The summed E-state index contributed by atoms with van der Waals surface area (Å²) in [7, 11) is 0. The van der Waals surface area contributed by atoms with E-state index >= 15 is 0 Å². The van der Waals surface area contributed by atoms with Crippen LogP contribution in [-0.4, -0.2) is 27.7 Å². The van der Waals surface area contributed by atoms with Crippen molar-refractivity contribution in [3.63, 3.8) is 0 Å². The van der Waals surface area contributed by atoms with Gasteiger partial charge < -0.3 is 15.8 Å². The van der Waals surface area contributed by atoms with Crippen molar-refractivity contribution in [1.29, 1.82) is 0 Å². The third-order valence-electron chi connectivity index (χ3n) is 3.94. The molecule has 0 spiro atoms. The molecule has 0 saturated heterocycles. The van der Waals surface area contributed by atoms with Crippen molar-refractivity contribution in [2.24, 2.45) is 5.73 Å². The number of aromatic nitrogens is 2. The lowest BCUT2D eigenvalue weighted by molar-refractivity contribution is -0.122. The summed E-state index contributed by atoms with van der Waals surface area (Å²) < 4.78 is 7.42. The molecule has 0 aliphatic carbocycles. The van der Waals surface area contributed by atoms with Gasteiger partial charge in [-0.25, -0.2) is 4.68 Å². The number of anilines is 1. The SMILES string of the molecule is Cc1cn(-c2ccccc2)nc1O[C@H](C)C(=O)Nc1cccc(C(N)=O)c1. The molecular weight excluding hydrogens is 344 g/mol. The lowest BCUT2D eigenvalue weighted by atomic mass is 10.2. The van der Waals surface area contributed by atoms with E-state index in [1.54, 1.807) is 29.8 Å². The number of rotatable bonds is 6. The third-order valence-corrected chi connectivity index (χ3v) is 3.94. The number of ether oxygens (including phenoxy) is 1. The molecule has 0 unspecified atom stereocenters. The summed E-state index contributed by atoms with van der Waals surface area (Å²) in [5.74, 6) is -0.532. The van der Waals surface area contributed by atoms with Gasteiger partial charge in [0.05, 0.1) is 5.69 Å². The fraction of sp³-hybridized carbons (Fsp3) is 0.150. The summed E-state index contributed by atoms with van der Waals surface area (Å²) in [6, 6.07) is 16.0. The number of primary amides is 1. The number of aryl methyl sites for hydroxylation is 1. The maximum atomic E-state index is 12.4. The maximum Gasteiger partial charge on any atom is 0.265 e. The van der Waals surface area contributed by atoms with Crippen LogP contribution >= 0.6 is 0 Å². The number of para-hydroxylation sites is 1. The van der Waals surface area contributed by atoms with Gasteiger partial charge in [-0.3, -0.25) is 9.59 Å². The number of nitrogens with one attached hydrogen (secondary N) is 1. The molecule has 27 heavy (non-hydrogen) atoms. The second-order valence-corrected chi connectivity index (χ2v) is 6.09. The van der Waals surface area contributed by atoms with Gasteiger partial charge in [0.15, 0.2) is 6.10 Å². The van der Waals surface area contributed by atoms with Crippen LogP contribution in [0.25, 0.3) is 5.69 Å². The number of hydrogen-bond donors (Lipinski definition) is 2. The number of benzene rings is 2. The summed E-state index contributed by atoms with van der Waals surface area (Å²) in [5, 5.41) is 7.11. The Hall–Kier alpha value is -3.61. The van der Waals surface area contributed by atoms with E-state index in [0.29, 0.717) is 17.1 Å². The molecule has 2 amide bonds. The molecule has 1 atom stereocenters. The number of amides is 2. The summed E-state index contributed by atoms with van der Waals surface area (Å²) >= 11 is 0. The van der Waals surface area contributed by atoms with Gasteiger partial charge in [-0.2, -0.15) is 0 Å². The molecule has 0 saturated carbocycles. The fourth-order valence-electron chi connectivity index (χ4n) is 2.49. The van der Waals surface area contributed by atoms with Crippen molar-refractivity contribution < 1.29 is 14.3 Å². The molecule has 0 fully saturated rings. The highest BCUT2D eigenvalue weighted by Crippen LogP contribution is 2.19. The molecule has 7 nitrogen and oxygen atoms in total. The Morgan fingerprint density at radius 3 is 2.59 bits per heavy atom. The first-order valence-electron chi connectivity index (χ1n) is 8.43. The van der Waals surface area contributed by atoms with Crippen LogP contribution in [-0.2, 0) is 4.79 Å². The zero-order valence-corrected chi connectivity index (χ0v) is 15.0. The average molecular weight is 364 g/mol. The molecular formula is C20H20N4O3.